The lowest BCUT2D eigenvalue weighted by molar-refractivity contribution is 0.824. The lowest BCUT2D eigenvalue weighted by Crippen LogP contribution is -1.81. The van der Waals surface area contributed by atoms with E-state index in [4.69, 9.17) is 0 Å². The third kappa shape index (κ3) is 1.71. The van der Waals surface area contributed by atoms with Gasteiger partial charge >= 0.3 is 0 Å². The van der Waals surface area contributed by atoms with Crippen molar-refractivity contribution in [2.45, 2.75) is 17.2 Å². The summed E-state index contributed by atoms with van der Waals surface area (Å²) in [5, 5.41) is 0. The molecule has 0 amide bonds. The summed E-state index contributed by atoms with van der Waals surface area (Å²) in [4.78, 5) is 0.660. The summed E-state index contributed by atoms with van der Waals surface area (Å²) in [6.07, 6.45) is 3.14. The van der Waals surface area contributed by atoms with E-state index in [2.05, 4.69) is 52.8 Å². The summed E-state index contributed by atoms with van der Waals surface area (Å²) in [6, 6.07) is 10.7. The predicted octanol–water partition coefficient (Wildman–Crippen LogP) is 3.74. The fraction of sp³-hybridized carbons (Fsp3) is 0.333. The molecule has 3 atom stereocenters. The molecule has 1 aliphatic rings. The van der Waals surface area contributed by atoms with Crippen molar-refractivity contribution in [3.63, 3.8) is 0 Å². The first-order chi connectivity index (χ1) is 6.34. The number of hydrogen-bond acceptors (Lipinski definition) is 0. The molecule has 0 nitrogen and oxygen atoms in total. The number of rotatable bonds is 3. The van der Waals surface area contributed by atoms with Crippen LogP contribution in [0.3, 0.4) is 0 Å². The second-order valence-corrected chi connectivity index (χ2v) is 4.63. The van der Waals surface area contributed by atoms with E-state index in [1.54, 1.807) is 0 Å². The molecule has 0 bridgehead atoms. The molecule has 1 heteroatoms. The van der Waals surface area contributed by atoms with E-state index >= 15 is 0 Å². The Morgan fingerprint density at radius 3 is 2.62 bits per heavy atom. The monoisotopic (exact) mass is 236 g/mol. The van der Waals surface area contributed by atoms with Crippen LogP contribution in [-0.2, 0) is 0 Å². The molecule has 0 N–H and O–H groups in total. The summed E-state index contributed by atoms with van der Waals surface area (Å²) in [5.41, 5.74) is 1.45. The Morgan fingerprint density at radius 2 is 2.00 bits per heavy atom. The molecular weight excluding hydrogens is 224 g/mol. The molecule has 1 fully saturated rings. The van der Waals surface area contributed by atoms with Crippen molar-refractivity contribution in [3.8, 4) is 0 Å². The standard InChI is InChI=1S/C12H13Br/c1-2-6-10-11(12(10)13)9-7-4-3-5-8-9/h2-5,7-8,10-12H,1,6H2. The molecular formula is C12H13Br. The molecule has 0 spiro atoms. The highest BCUT2D eigenvalue weighted by molar-refractivity contribution is 9.09. The van der Waals surface area contributed by atoms with E-state index in [9.17, 15) is 0 Å². The van der Waals surface area contributed by atoms with Crippen molar-refractivity contribution in [3.05, 3.63) is 48.6 Å². The van der Waals surface area contributed by atoms with Gasteiger partial charge in [-0.05, 0) is 17.9 Å². The average Bonchev–Trinajstić information content (AvgIpc) is 2.79. The maximum absolute atomic E-state index is 3.78. The minimum atomic E-state index is 0.660. The van der Waals surface area contributed by atoms with E-state index in [0.717, 1.165) is 12.3 Å². The zero-order valence-corrected chi connectivity index (χ0v) is 9.07. The third-order valence-corrected chi connectivity index (χ3v) is 3.94. The molecule has 2 rings (SSSR count). The Balaban J connectivity index is 2.09. The van der Waals surface area contributed by atoms with Crippen LogP contribution in [0.2, 0.25) is 0 Å². The van der Waals surface area contributed by atoms with Crippen LogP contribution >= 0.6 is 15.9 Å². The quantitative estimate of drug-likeness (QED) is 0.555. The van der Waals surface area contributed by atoms with Crippen molar-refractivity contribution in [1.29, 1.82) is 0 Å². The summed E-state index contributed by atoms with van der Waals surface area (Å²) < 4.78 is 0. The minimum Gasteiger partial charge on any atom is -0.103 e. The summed E-state index contributed by atoms with van der Waals surface area (Å²) in [7, 11) is 0. The molecule has 0 heterocycles. The Morgan fingerprint density at radius 1 is 1.31 bits per heavy atom. The highest BCUT2D eigenvalue weighted by Crippen LogP contribution is 2.54. The summed E-state index contributed by atoms with van der Waals surface area (Å²) in [5.74, 6) is 1.47. The van der Waals surface area contributed by atoms with Crippen molar-refractivity contribution >= 4 is 15.9 Å². The topological polar surface area (TPSA) is 0 Å². The lowest BCUT2D eigenvalue weighted by Gasteiger charge is -1.96. The van der Waals surface area contributed by atoms with Crippen LogP contribution in [0.1, 0.15) is 17.9 Å². The summed E-state index contributed by atoms with van der Waals surface area (Å²) >= 11 is 3.70. The van der Waals surface area contributed by atoms with Crippen molar-refractivity contribution < 1.29 is 0 Å². The molecule has 0 aliphatic heterocycles. The van der Waals surface area contributed by atoms with Gasteiger partial charge in [0.1, 0.15) is 0 Å². The molecule has 1 aliphatic carbocycles. The molecule has 1 aromatic rings. The van der Waals surface area contributed by atoms with Crippen LogP contribution in [0.25, 0.3) is 0 Å². The first-order valence-corrected chi connectivity index (χ1v) is 5.56. The number of benzene rings is 1. The van der Waals surface area contributed by atoms with Gasteiger partial charge < -0.3 is 0 Å². The van der Waals surface area contributed by atoms with Gasteiger partial charge in [-0.15, -0.1) is 6.58 Å². The van der Waals surface area contributed by atoms with Gasteiger partial charge in [-0.1, -0.05) is 52.3 Å². The Hall–Kier alpha value is -0.560. The van der Waals surface area contributed by atoms with Crippen molar-refractivity contribution in [2.75, 3.05) is 0 Å². The normalized spacial score (nSPS) is 31.3. The van der Waals surface area contributed by atoms with Gasteiger partial charge in [0.15, 0.2) is 0 Å². The molecule has 3 unspecified atom stereocenters. The summed E-state index contributed by atoms with van der Waals surface area (Å²) in [6.45, 7) is 3.78. The molecule has 0 aromatic heterocycles. The van der Waals surface area contributed by atoms with E-state index in [-0.39, 0.29) is 0 Å². The smallest absolute Gasteiger partial charge is 0.0255 e. The Labute approximate surface area is 87.8 Å². The number of hydrogen-bond donors (Lipinski definition) is 0. The molecule has 0 saturated heterocycles. The molecule has 13 heavy (non-hydrogen) atoms. The van der Waals surface area contributed by atoms with Crippen LogP contribution in [0, 0.1) is 5.92 Å². The third-order valence-electron chi connectivity index (χ3n) is 2.70. The van der Waals surface area contributed by atoms with Crippen LogP contribution in [0.15, 0.2) is 43.0 Å². The number of allylic oxidation sites excluding steroid dienone is 1. The molecule has 0 radical (unpaired) electrons. The van der Waals surface area contributed by atoms with Gasteiger partial charge in [0.05, 0.1) is 0 Å². The maximum atomic E-state index is 3.78. The van der Waals surface area contributed by atoms with E-state index < -0.39 is 0 Å². The zero-order valence-electron chi connectivity index (χ0n) is 7.49. The maximum Gasteiger partial charge on any atom is 0.0255 e. The van der Waals surface area contributed by atoms with Gasteiger partial charge in [-0.25, -0.2) is 0 Å². The van der Waals surface area contributed by atoms with Crippen molar-refractivity contribution in [1.82, 2.24) is 0 Å². The van der Waals surface area contributed by atoms with Crippen LogP contribution in [0.4, 0.5) is 0 Å². The number of halogens is 1. The highest BCUT2D eigenvalue weighted by atomic mass is 79.9. The van der Waals surface area contributed by atoms with E-state index in [1.807, 2.05) is 6.08 Å². The van der Waals surface area contributed by atoms with E-state index in [0.29, 0.717) is 10.7 Å². The fourth-order valence-electron chi connectivity index (χ4n) is 1.91. The molecule has 68 valence electrons. The molecule has 1 saturated carbocycles. The van der Waals surface area contributed by atoms with Crippen LogP contribution < -0.4 is 0 Å². The largest absolute Gasteiger partial charge is 0.103 e. The van der Waals surface area contributed by atoms with Crippen LogP contribution in [-0.4, -0.2) is 4.83 Å². The second kappa shape index (κ2) is 3.67. The van der Waals surface area contributed by atoms with Gasteiger partial charge in [0.2, 0.25) is 0 Å². The zero-order chi connectivity index (χ0) is 9.26. The SMILES string of the molecule is C=CCC1C(Br)C1c1ccccc1. The molecule has 1 aromatic carbocycles. The average molecular weight is 237 g/mol. The second-order valence-electron chi connectivity index (χ2n) is 3.57. The number of alkyl halides is 1. The van der Waals surface area contributed by atoms with Crippen LogP contribution in [0.5, 0.6) is 0 Å². The Kier molecular flexibility index (Phi) is 2.54. The van der Waals surface area contributed by atoms with E-state index in [1.165, 1.54) is 5.56 Å². The fourth-order valence-corrected chi connectivity index (χ4v) is 2.97. The first-order valence-electron chi connectivity index (χ1n) is 4.64. The van der Waals surface area contributed by atoms with Gasteiger partial charge in [-0.3, -0.25) is 0 Å². The van der Waals surface area contributed by atoms with Gasteiger partial charge in [-0.2, -0.15) is 0 Å². The first kappa shape index (κ1) is 9.01. The van der Waals surface area contributed by atoms with Gasteiger partial charge in [0, 0.05) is 10.7 Å². The van der Waals surface area contributed by atoms with Crippen molar-refractivity contribution in [2.24, 2.45) is 5.92 Å². The minimum absolute atomic E-state index is 0.660. The predicted molar refractivity (Wildman–Crippen MR) is 60.2 cm³/mol. The highest BCUT2D eigenvalue weighted by Gasteiger charge is 2.47. The Bertz CT molecular complexity index is 291. The van der Waals surface area contributed by atoms with Gasteiger partial charge in [0.25, 0.3) is 0 Å². The lowest BCUT2D eigenvalue weighted by atomic mass is 10.1.